The summed E-state index contributed by atoms with van der Waals surface area (Å²) in [5, 5.41) is 10.3. The van der Waals surface area contributed by atoms with Gasteiger partial charge in [-0.25, -0.2) is 0 Å². The Kier molecular flexibility index (Phi) is 11.3. The summed E-state index contributed by atoms with van der Waals surface area (Å²) >= 11 is 0. The number of nitrogens with one attached hydrogen (secondary N) is 2. The lowest BCUT2D eigenvalue weighted by Crippen LogP contribution is -2.59. The van der Waals surface area contributed by atoms with Crippen molar-refractivity contribution in [3.05, 3.63) is 28.8 Å². The van der Waals surface area contributed by atoms with Crippen molar-refractivity contribution in [3.8, 4) is 5.75 Å². The van der Waals surface area contributed by atoms with Gasteiger partial charge in [0.05, 0.1) is 25.4 Å². The van der Waals surface area contributed by atoms with Gasteiger partial charge in [0.2, 0.25) is 29.3 Å². The number of amides is 3. The van der Waals surface area contributed by atoms with Crippen LogP contribution < -0.4 is 15.4 Å². The maximum atomic E-state index is 14.5. The number of hydrogen-bond acceptors (Lipinski definition) is 8. The van der Waals surface area contributed by atoms with Crippen LogP contribution >= 0.6 is 0 Å². The maximum absolute atomic E-state index is 14.5. The molecule has 0 bridgehead atoms. The number of benzene rings is 1. The molecule has 49 heavy (non-hydrogen) atoms. The third kappa shape index (κ3) is 9.28. The smallest absolute Gasteiger partial charge is 0.246 e. The molecule has 2 N–H and O–H groups in total. The Labute approximate surface area is 291 Å². The predicted molar refractivity (Wildman–Crippen MR) is 187 cm³/mol. The molecule has 0 radical (unpaired) electrons. The molecule has 11 heteroatoms. The topological polar surface area (TPSA) is 143 Å². The number of carbonyl (C=O) groups is 5. The van der Waals surface area contributed by atoms with Gasteiger partial charge >= 0.3 is 0 Å². The van der Waals surface area contributed by atoms with Crippen LogP contribution in [0.2, 0.25) is 0 Å². The van der Waals surface area contributed by atoms with Gasteiger partial charge in [0, 0.05) is 31.2 Å². The highest BCUT2D eigenvalue weighted by Crippen LogP contribution is 2.41. The van der Waals surface area contributed by atoms with E-state index in [0.29, 0.717) is 25.0 Å². The number of Topliss-reactive ketones (excluding diaryl/α,β-unsaturated/α-hetero) is 2. The number of oxime groups is 1. The van der Waals surface area contributed by atoms with Crippen LogP contribution in [0.4, 0.5) is 0 Å². The fraction of sp³-hybridized carbons (Fsp3) is 0.684. The van der Waals surface area contributed by atoms with Crippen molar-refractivity contribution >= 4 is 35.0 Å². The van der Waals surface area contributed by atoms with E-state index in [1.807, 2.05) is 74.4 Å². The third-order valence-electron chi connectivity index (χ3n) is 9.59. The standard InChI is InChI=1S/C38H56N4O7/c1-11-12-26(31(45)29(43)17-24-13-14-24)39-34(46)28-19-38(18-27(41-49-38)25-15-22(2)32(48-10)23(3)16-25)21-42(28)35(47)33(37(7,8)9)40-30(44)20-36(4,5)6/h15-16,24,26,28,33H,11-14,17-21H2,1-10H3,(H,39,46)(H,40,44)/t26-,28-,33+,38+/m0/s1. The minimum absolute atomic E-state index is 0.0553. The molecule has 3 amide bonds. The van der Waals surface area contributed by atoms with Gasteiger partial charge in [0.25, 0.3) is 0 Å². The Hall–Kier alpha value is -3.76. The lowest BCUT2D eigenvalue weighted by atomic mass is 9.84. The van der Waals surface area contributed by atoms with Crippen LogP contribution in [0.1, 0.15) is 117 Å². The summed E-state index contributed by atoms with van der Waals surface area (Å²) in [6, 6.07) is 1.03. The van der Waals surface area contributed by atoms with Crippen molar-refractivity contribution < 1.29 is 33.5 Å². The van der Waals surface area contributed by atoms with E-state index >= 15 is 0 Å². The fourth-order valence-electron chi connectivity index (χ4n) is 6.94. The Morgan fingerprint density at radius 1 is 1.04 bits per heavy atom. The zero-order valence-corrected chi connectivity index (χ0v) is 31.1. The number of likely N-dealkylation sites (tertiary alicyclic amines) is 1. The van der Waals surface area contributed by atoms with Crippen LogP contribution in [0.25, 0.3) is 0 Å². The van der Waals surface area contributed by atoms with Gasteiger partial charge in [0.15, 0.2) is 5.60 Å². The van der Waals surface area contributed by atoms with Gasteiger partial charge in [-0.3, -0.25) is 24.0 Å². The SMILES string of the molecule is CCC[C@H](NC(=O)[C@@H]1C[C@]2(CC(c3cc(C)c(OC)c(C)c3)=NO2)CN1C(=O)[C@@H](NC(=O)CC(C)(C)C)C(C)(C)C)C(=O)C(=O)CC1CC1. The molecule has 1 aliphatic carbocycles. The van der Waals surface area contributed by atoms with Gasteiger partial charge in [-0.1, -0.05) is 60.0 Å². The molecule has 0 aromatic heterocycles. The molecule has 270 valence electrons. The molecule has 2 aliphatic heterocycles. The average molecular weight is 681 g/mol. The van der Waals surface area contributed by atoms with Crippen molar-refractivity contribution in [2.24, 2.45) is 21.9 Å². The molecule has 4 atom stereocenters. The van der Waals surface area contributed by atoms with E-state index < -0.39 is 52.5 Å². The summed E-state index contributed by atoms with van der Waals surface area (Å²) in [7, 11) is 1.63. The first-order valence-electron chi connectivity index (χ1n) is 17.7. The molecule has 11 nitrogen and oxygen atoms in total. The van der Waals surface area contributed by atoms with E-state index in [4.69, 9.17) is 9.57 Å². The summed E-state index contributed by atoms with van der Waals surface area (Å²) in [4.78, 5) is 75.5. The molecule has 1 aromatic rings. The first kappa shape index (κ1) is 38.0. The zero-order valence-electron chi connectivity index (χ0n) is 31.1. The summed E-state index contributed by atoms with van der Waals surface area (Å²) in [5.41, 5.74) is 1.47. The molecule has 3 aliphatic rings. The van der Waals surface area contributed by atoms with E-state index in [1.165, 1.54) is 4.90 Å². The van der Waals surface area contributed by atoms with Gasteiger partial charge in [-0.05, 0) is 73.1 Å². The molecule has 2 fully saturated rings. The van der Waals surface area contributed by atoms with E-state index in [-0.39, 0.29) is 43.0 Å². The number of hydrogen-bond donors (Lipinski definition) is 2. The maximum Gasteiger partial charge on any atom is 0.246 e. The van der Waals surface area contributed by atoms with E-state index in [1.54, 1.807) is 7.11 Å². The van der Waals surface area contributed by atoms with Crippen LogP contribution in [-0.2, 0) is 28.8 Å². The van der Waals surface area contributed by atoms with Gasteiger partial charge in [-0.15, -0.1) is 0 Å². The monoisotopic (exact) mass is 680 g/mol. The highest BCUT2D eigenvalue weighted by molar-refractivity contribution is 6.39. The Morgan fingerprint density at radius 2 is 1.67 bits per heavy atom. The fourth-order valence-corrected chi connectivity index (χ4v) is 6.94. The van der Waals surface area contributed by atoms with Crippen molar-refractivity contribution in [1.29, 1.82) is 0 Å². The number of nitrogens with zero attached hydrogens (tertiary/aromatic N) is 2. The molecular weight excluding hydrogens is 624 g/mol. The largest absolute Gasteiger partial charge is 0.496 e. The van der Waals surface area contributed by atoms with Crippen LogP contribution in [0, 0.1) is 30.6 Å². The Balaban J connectivity index is 1.64. The van der Waals surface area contributed by atoms with Crippen molar-refractivity contribution in [2.45, 2.75) is 137 Å². The molecule has 1 saturated carbocycles. The molecule has 1 aromatic carbocycles. The van der Waals surface area contributed by atoms with Gasteiger partial charge < -0.3 is 25.1 Å². The number of ether oxygens (including phenoxy) is 1. The van der Waals surface area contributed by atoms with Gasteiger partial charge in [0.1, 0.15) is 17.8 Å². The first-order valence-corrected chi connectivity index (χ1v) is 17.7. The lowest BCUT2D eigenvalue weighted by molar-refractivity contribution is -0.145. The normalized spacial score (nSPS) is 21.9. The van der Waals surface area contributed by atoms with E-state index in [9.17, 15) is 24.0 Å². The number of methoxy groups -OCH3 is 1. The van der Waals surface area contributed by atoms with Crippen molar-refractivity contribution in [3.63, 3.8) is 0 Å². The number of ketones is 2. The summed E-state index contributed by atoms with van der Waals surface area (Å²) in [6.45, 7) is 17.3. The van der Waals surface area contributed by atoms with E-state index in [0.717, 1.165) is 35.3 Å². The molecule has 0 unspecified atom stereocenters. The summed E-state index contributed by atoms with van der Waals surface area (Å²) in [6.07, 6.45) is 3.65. The predicted octanol–water partition coefficient (Wildman–Crippen LogP) is 4.97. The summed E-state index contributed by atoms with van der Waals surface area (Å²) in [5.74, 6) is -1.23. The minimum atomic E-state index is -1.02. The minimum Gasteiger partial charge on any atom is -0.496 e. The molecular formula is C38H56N4O7. The summed E-state index contributed by atoms with van der Waals surface area (Å²) < 4.78 is 5.54. The quantitative estimate of drug-likeness (QED) is 0.280. The second-order valence-electron chi connectivity index (χ2n) is 16.7. The third-order valence-corrected chi connectivity index (χ3v) is 9.59. The number of rotatable bonds is 13. The number of aryl methyl sites for hydroxylation is 2. The Bertz CT molecular complexity index is 1480. The van der Waals surface area contributed by atoms with Gasteiger partial charge in [-0.2, -0.15) is 0 Å². The Morgan fingerprint density at radius 3 is 2.20 bits per heavy atom. The second-order valence-corrected chi connectivity index (χ2v) is 16.7. The molecule has 1 saturated heterocycles. The highest BCUT2D eigenvalue weighted by Gasteiger charge is 2.55. The second kappa shape index (κ2) is 14.6. The average Bonchev–Trinajstić information content (AvgIpc) is 3.58. The number of carbonyl (C=O) groups excluding carboxylic acids is 5. The van der Waals surface area contributed by atoms with E-state index in [2.05, 4.69) is 15.8 Å². The molecule has 4 rings (SSSR count). The van der Waals surface area contributed by atoms with Crippen LogP contribution in [0.5, 0.6) is 5.75 Å². The van der Waals surface area contributed by atoms with Crippen molar-refractivity contribution in [1.82, 2.24) is 15.5 Å². The van der Waals surface area contributed by atoms with Crippen LogP contribution in [0.15, 0.2) is 17.3 Å². The first-order chi connectivity index (χ1) is 22.8. The van der Waals surface area contributed by atoms with Crippen molar-refractivity contribution in [2.75, 3.05) is 13.7 Å². The molecule has 2 heterocycles. The van der Waals surface area contributed by atoms with Crippen LogP contribution in [-0.4, -0.2) is 77.3 Å². The lowest BCUT2D eigenvalue weighted by Gasteiger charge is -2.36. The zero-order chi connectivity index (χ0) is 36.5. The molecule has 1 spiro atoms. The highest BCUT2D eigenvalue weighted by atomic mass is 16.7. The van der Waals surface area contributed by atoms with Crippen LogP contribution in [0.3, 0.4) is 0 Å².